The van der Waals surface area contributed by atoms with Gasteiger partial charge in [0, 0.05) is 37.4 Å². The molecule has 114 valence electrons. The van der Waals surface area contributed by atoms with Gasteiger partial charge >= 0.3 is 6.18 Å². The molecule has 2 aromatic rings. The van der Waals surface area contributed by atoms with Gasteiger partial charge in [-0.05, 0) is 18.8 Å². The monoisotopic (exact) mass is 318 g/mol. The number of nitrogens with zero attached hydrogens (tertiary/aromatic N) is 4. The summed E-state index contributed by atoms with van der Waals surface area (Å²) in [6.07, 6.45) is 0.442. The van der Waals surface area contributed by atoms with Crippen LogP contribution in [0.4, 0.5) is 19.0 Å². The Bertz CT molecular complexity index is 640. The first-order valence-corrected chi connectivity index (χ1v) is 7.25. The zero-order chi connectivity index (χ0) is 15.0. The highest BCUT2D eigenvalue weighted by molar-refractivity contribution is 6.18. The molecule has 0 spiro atoms. The maximum atomic E-state index is 12.8. The lowest BCUT2D eigenvalue weighted by Crippen LogP contribution is -2.36. The third-order valence-corrected chi connectivity index (χ3v) is 4.13. The van der Waals surface area contributed by atoms with Gasteiger partial charge in [-0.2, -0.15) is 18.3 Å². The van der Waals surface area contributed by atoms with Gasteiger partial charge in [0.15, 0.2) is 11.5 Å². The van der Waals surface area contributed by atoms with Crippen LogP contribution in [0.2, 0.25) is 0 Å². The summed E-state index contributed by atoms with van der Waals surface area (Å²) in [7, 11) is 0. The van der Waals surface area contributed by atoms with Gasteiger partial charge in [-0.3, -0.25) is 0 Å². The first kappa shape index (κ1) is 14.4. The molecule has 0 aromatic carbocycles. The molecular formula is C13H14ClF3N4. The maximum absolute atomic E-state index is 12.8. The van der Waals surface area contributed by atoms with E-state index in [-0.39, 0.29) is 0 Å². The van der Waals surface area contributed by atoms with Gasteiger partial charge in [0.1, 0.15) is 5.52 Å². The number of piperidine rings is 1. The molecule has 1 saturated heterocycles. The second-order valence-electron chi connectivity index (χ2n) is 5.22. The topological polar surface area (TPSA) is 33.4 Å². The van der Waals surface area contributed by atoms with Crippen LogP contribution >= 0.6 is 11.6 Å². The summed E-state index contributed by atoms with van der Waals surface area (Å²) in [4.78, 5) is 6.24. The van der Waals surface area contributed by atoms with Crippen LogP contribution in [0.1, 0.15) is 18.5 Å². The van der Waals surface area contributed by atoms with Crippen molar-refractivity contribution in [2.45, 2.75) is 19.0 Å². The number of hydrogen-bond donors (Lipinski definition) is 0. The van der Waals surface area contributed by atoms with E-state index in [0.717, 1.165) is 25.5 Å². The number of alkyl halides is 4. The normalized spacial score (nSPS) is 20.2. The largest absolute Gasteiger partial charge is 0.435 e. The van der Waals surface area contributed by atoms with Crippen molar-refractivity contribution in [3.63, 3.8) is 0 Å². The average molecular weight is 319 g/mol. The minimum absolute atomic E-state index is 0.340. The molecule has 0 bridgehead atoms. The Morgan fingerprint density at radius 3 is 2.90 bits per heavy atom. The predicted molar refractivity (Wildman–Crippen MR) is 73.6 cm³/mol. The van der Waals surface area contributed by atoms with Crippen LogP contribution in [0, 0.1) is 5.92 Å². The molecule has 1 unspecified atom stereocenters. The Morgan fingerprint density at radius 1 is 1.38 bits per heavy atom. The number of aromatic nitrogens is 3. The third-order valence-electron chi connectivity index (χ3n) is 3.70. The first-order valence-electron chi connectivity index (χ1n) is 6.71. The van der Waals surface area contributed by atoms with E-state index in [1.54, 1.807) is 0 Å². The summed E-state index contributed by atoms with van der Waals surface area (Å²) in [5.41, 5.74) is -0.525. The van der Waals surface area contributed by atoms with E-state index in [2.05, 4.69) is 10.1 Å². The summed E-state index contributed by atoms with van der Waals surface area (Å²) in [5, 5.41) is 3.58. The van der Waals surface area contributed by atoms with Crippen molar-refractivity contribution in [1.82, 2.24) is 14.6 Å². The molecule has 2 aromatic heterocycles. The zero-order valence-electron chi connectivity index (χ0n) is 11.1. The number of fused-ring (bicyclic) bond motifs is 1. The summed E-state index contributed by atoms with van der Waals surface area (Å²) < 4.78 is 39.6. The molecule has 8 heteroatoms. The fraction of sp³-hybridized carbons (Fsp3) is 0.538. The van der Waals surface area contributed by atoms with Crippen molar-refractivity contribution in [2.75, 3.05) is 23.9 Å². The van der Waals surface area contributed by atoms with E-state index in [4.69, 9.17) is 11.6 Å². The Hall–Kier alpha value is -1.50. The second kappa shape index (κ2) is 5.36. The van der Waals surface area contributed by atoms with Gasteiger partial charge in [-0.15, -0.1) is 11.6 Å². The van der Waals surface area contributed by atoms with E-state index >= 15 is 0 Å². The van der Waals surface area contributed by atoms with Crippen molar-refractivity contribution < 1.29 is 13.2 Å². The quantitative estimate of drug-likeness (QED) is 0.797. The number of halogens is 4. The Balaban J connectivity index is 2.00. The van der Waals surface area contributed by atoms with Crippen LogP contribution in [0.5, 0.6) is 0 Å². The van der Waals surface area contributed by atoms with E-state index in [1.807, 2.05) is 4.90 Å². The molecule has 4 nitrogen and oxygen atoms in total. The third kappa shape index (κ3) is 2.79. The Labute approximate surface area is 124 Å². The number of anilines is 1. The highest BCUT2D eigenvalue weighted by Gasteiger charge is 2.35. The van der Waals surface area contributed by atoms with E-state index < -0.39 is 11.9 Å². The number of hydrogen-bond acceptors (Lipinski definition) is 3. The van der Waals surface area contributed by atoms with Crippen molar-refractivity contribution in [3.05, 3.63) is 24.2 Å². The van der Waals surface area contributed by atoms with Crippen molar-refractivity contribution in [2.24, 2.45) is 5.92 Å². The molecule has 0 amide bonds. The highest BCUT2D eigenvalue weighted by atomic mass is 35.5. The Kier molecular flexibility index (Phi) is 3.69. The van der Waals surface area contributed by atoms with Gasteiger partial charge < -0.3 is 4.90 Å². The number of rotatable bonds is 2. The minimum atomic E-state index is -4.45. The molecular weight excluding hydrogens is 305 g/mol. The SMILES string of the molecule is FC(F)(F)c1cc2c(N3CCCC(CCl)C3)nccn2n1. The van der Waals surface area contributed by atoms with Crippen molar-refractivity contribution in [1.29, 1.82) is 0 Å². The van der Waals surface area contributed by atoms with Crippen molar-refractivity contribution >= 4 is 22.9 Å². The predicted octanol–water partition coefficient (Wildman–Crippen LogP) is 3.20. The van der Waals surface area contributed by atoms with Gasteiger partial charge in [0.25, 0.3) is 0 Å². The fourth-order valence-corrected chi connectivity index (χ4v) is 2.93. The van der Waals surface area contributed by atoms with E-state index in [0.29, 0.717) is 29.7 Å². The van der Waals surface area contributed by atoms with Crippen LogP contribution in [-0.2, 0) is 6.18 Å². The minimum Gasteiger partial charge on any atom is -0.355 e. The van der Waals surface area contributed by atoms with Gasteiger partial charge in [0.05, 0.1) is 0 Å². The van der Waals surface area contributed by atoms with Crippen molar-refractivity contribution in [3.8, 4) is 0 Å². The van der Waals surface area contributed by atoms with Crippen LogP contribution in [0.25, 0.3) is 5.52 Å². The van der Waals surface area contributed by atoms with Crippen LogP contribution < -0.4 is 4.90 Å². The molecule has 1 fully saturated rings. The van der Waals surface area contributed by atoms with Crippen LogP contribution in [-0.4, -0.2) is 33.6 Å². The molecule has 3 rings (SSSR count). The van der Waals surface area contributed by atoms with Crippen LogP contribution in [0.3, 0.4) is 0 Å². The summed E-state index contributed by atoms with van der Waals surface area (Å²) in [5.74, 6) is 1.43. The first-order chi connectivity index (χ1) is 9.99. The molecule has 0 aliphatic carbocycles. The summed E-state index contributed by atoms with van der Waals surface area (Å²) >= 11 is 5.90. The van der Waals surface area contributed by atoms with E-state index in [9.17, 15) is 13.2 Å². The van der Waals surface area contributed by atoms with Gasteiger partial charge in [-0.1, -0.05) is 0 Å². The van der Waals surface area contributed by atoms with E-state index in [1.165, 1.54) is 16.9 Å². The lowest BCUT2D eigenvalue weighted by atomic mass is 10.00. The standard InChI is InChI=1S/C13H14ClF3N4/c14-7-9-2-1-4-20(8-9)12-10-6-11(13(15,16)17)19-21(10)5-3-18-12/h3,5-6,9H,1-2,4,7-8H2. The lowest BCUT2D eigenvalue weighted by molar-refractivity contribution is -0.141. The lowest BCUT2D eigenvalue weighted by Gasteiger charge is -2.32. The van der Waals surface area contributed by atoms with Gasteiger partial charge in [-0.25, -0.2) is 9.50 Å². The summed E-state index contributed by atoms with van der Waals surface area (Å²) in [6.45, 7) is 1.48. The molecule has 1 aliphatic rings. The highest BCUT2D eigenvalue weighted by Crippen LogP contribution is 2.32. The molecule has 0 N–H and O–H groups in total. The van der Waals surface area contributed by atoms with Crippen LogP contribution in [0.15, 0.2) is 18.5 Å². The molecule has 1 atom stereocenters. The zero-order valence-corrected chi connectivity index (χ0v) is 11.9. The molecule has 0 saturated carbocycles. The average Bonchev–Trinajstić information content (AvgIpc) is 2.91. The summed E-state index contributed by atoms with van der Waals surface area (Å²) in [6, 6.07) is 1.05. The van der Waals surface area contributed by atoms with Gasteiger partial charge in [0.2, 0.25) is 0 Å². The molecule has 21 heavy (non-hydrogen) atoms. The smallest absolute Gasteiger partial charge is 0.355 e. The molecule has 3 heterocycles. The maximum Gasteiger partial charge on any atom is 0.435 e. The molecule has 1 aliphatic heterocycles. The fourth-order valence-electron chi connectivity index (χ4n) is 2.67. The Morgan fingerprint density at radius 2 is 2.19 bits per heavy atom. The second-order valence-corrected chi connectivity index (χ2v) is 5.53. The molecule has 0 radical (unpaired) electrons.